The largest absolute Gasteiger partial charge is 0.358 e. The molecule has 2 N–H and O–H groups in total. The smallest absolute Gasteiger partial charge is 0.261 e. The molecule has 0 aromatic carbocycles. The first-order valence-corrected chi connectivity index (χ1v) is 8.60. The monoisotopic (exact) mass is 373 g/mol. The van der Waals surface area contributed by atoms with Crippen molar-refractivity contribution >= 4 is 39.1 Å². The lowest BCUT2D eigenvalue weighted by atomic mass is 10.0. The third kappa shape index (κ3) is 4.52. The van der Waals surface area contributed by atoms with Gasteiger partial charge in [-0.1, -0.05) is 0 Å². The molecule has 1 saturated heterocycles. The lowest BCUT2D eigenvalue weighted by Gasteiger charge is -2.31. The summed E-state index contributed by atoms with van der Waals surface area (Å²) in [6, 6.07) is 2.10. The number of hydrogen-bond acceptors (Lipinski definition) is 4. The number of carbonyl (C=O) groups is 2. The molecule has 1 aromatic rings. The van der Waals surface area contributed by atoms with E-state index in [1.165, 1.54) is 11.3 Å². The van der Waals surface area contributed by atoms with Crippen LogP contribution in [0.5, 0.6) is 0 Å². The third-order valence-corrected chi connectivity index (χ3v) is 5.79. The molecule has 2 heterocycles. The van der Waals surface area contributed by atoms with E-state index < -0.39 is 0 Å². The number of nitrogens with one attached hydrogen (secondary N) is 2. The van der Waals surface area contributed by atoms with Gasteiger partial charge in [0, 0.05) is 26.2 Å². The summed E-state index contributed by atoms with van der Waals surface area (Å²) in [7, 11) is 1.65. The molecule has 1 aromatic heterocycles. The summed E-state index contributed by atoms with van der Waals surface area (Å²) in [6.07, 6.45) is 1.77. The Balaban J connectivity index is 1.80. The van der Waals surface area contributed by atoms with Crippen molar-refractivity contribution in [3.8, 4) is 0 Å². The maximum Gasteiger partial charge on any atom is 0.261 e. The second kappa shape index (κ2) is 7.38. The molecule has 1 fully saturated rings. The number of carbonyl (C=O) groups excluding carboxylic acids is 2. The summed E-state index contributed by atoms with van der Waals surface area (Å²) in [6.45, 7) is 4.10. The Morgan fingerprint density at radius 2 is 2.10 bits per heavy atom. The van der Waals surface area contributed by atoms with Crippen molar-refractivity contribution < 1.29 is 9.59 Å². The molecule has 2 amide bonds. The summed E-state index contributed by atoms with van der Waals surface area (Å²) in [5.74, 6) is 0.0370. The van der Waals surface area contributed by atoms with Gasteiger partial charge in [0.15, 0.2) is 0 Å². The predicted molar refractivity (Wildman–Crippen MR) is 87.8 cm³/mol. The Labute approximate surface area is 137 Å². The molecule has 0 atom stereocenters. The van der Waals surface area contributed by atoms with Crippen molar-refractivity contribution in [1.82, 2.24) is 15.5 Å². The van der Waals surface area contributed by atoms with Crippen LogP contribution in [0.1, 0.15) is 28.1 Å². The molecule has 116 valence electrons. The van der Waals surface area contributed by atoms with Gasteiger partial charge in [0.2, 0.25) is 5.91 Å². The summed E-state index contributed by atoms with van der Waals surface area (Å²) < 4.78 is 1.01. The lowest BCUT2D eigenvalue weighted by molar-refractivity contribution is -0.122. The molecule has 0 bridgehead atoms. The highest BCUT2D eigenvalue weighted by atomic mass is 79.9. The number of hydrogen-bond donors (Lipinski definition) is 2. The van der Waals surface area contributed by atoms with Crippen molar-refractivity contribution in [2.75, 3.05) is 26.7 Å². The molecule has 1 aliphatic heterocycles. The normalized spacial score (nSPS) is 16.7. The van der Waals surface area contributed by atoms with Crippen molar-refractivity contribution in [3.63, 3.8) is 0 Å². The van der Waals surface area contributed by atoms with E-state index in [1.54, 1.807) is 7.05 Å². The van der Waals surface area contributed by atoms with E-state index in [2.05, 4.69) is 31.5 Å². The van der Waals surface area contributed by atoms with Gasteiger partial charge in [0.1, 0.15) is 0 Å². The van der Waals surface area contributed by atoms with Gasteiger partial charge >= 0.3 is 0 Å². The van der Waals surface area contributed by atoms with Crippen LogP contribution >= 0.6 is 27.3 Å². The maximum atomic E-state index is 12.2. The third-order valence-electron chi connectivity index (χ3n) is 3.65. The average molecular weight is 374 g/mol. The fourth-order valence-corrected chi connectivity index (χ4v) is 3.78. The van der Waals surface area contributed by atoms with Gasteiger partial charge in [-0.2, -0.15) is 0 Å². The van der Waals surface area contributed by atoms with Gasteiger partial charge in [-0.3, -0.25) is 14.5 Å². The summed E-state index contributed by atoms with van der Waals surface area (Å²) >= 11 is 4.91. The van der Waals surface area contributed by atoms with E-state index in [4.69, 9.17) is 0 Å². The maximum absolute atomic E-state index is 12.2. The van der Waals surface area contributed by atoms with Crippen LogP contribution in [0.4, 0.5) is 0 Å². The minimum atomic E-state index is -0.00134. The Hall–Kier alpha value is -0.920. The number of aryl methyl sites for hydroxylation is 1. The number of likely N-dealkylation sites (N-methyl/N-ethyl adjacent to an activating group) is 1. The molecular weight excluding hydrogens is 354 g/mol. The number of nitrogens with zero attached hydrogens (tertiary/aromatic N) is 1. The van der Waals surface area contributed by atoms with Crippen LogP contribution in [0.3, 0.4) is 0 Å². The van der Waals surface area contributed by atoms with Crippen molar-refractivity contribution in [2.45, 2.75) is 25.8 Å². The zero-order chi connectivity index (χ0) is 15.4. The first-order chi connectivity index (χ1) is 9.99. The zero-order valence-electron chi connectivity index (χ0n) is 12.2. The minimum absolute atomic E-state index is 0.00134. The molecule has 21 heavy (non-hydrogen) atoms. The van der Waals surface area contributed by atoms with E-state index in [9.17, 15) is 9.59 Å². The highest BCUT2D eigenvalue weighted by molar-refractivity contribution is 9.11. The Morgan fingerprint density at radius 1 is 1.43 bits per heavy atom. The van der Waals surface area contributed by atoms with Gasteiger partial charge < -0.3 is 10.6 Å². The summed E-state index contributed by atoms with van der Waals surface area (Å²) in [5.41, 5.74) is 1.09. The SMILES string of the molecule is CNC(=O)CN1CCC(NC(=O)c2cc(C)c(Br)s2)CC1. The number of piperidine rings is 1. The second-order valence-electron chi connectivity index (χ2n) is 5.26. The number of halogens is 1. The summed E-state index contributed by atoms with van der Waals surface area (Å²) in [4.78, 5) is 26.4. The van der Waals surface area contributed by atoms with Crippen LogP contribution < -0.4 is 10.6 Å². The van der Waals surface area contributed by atoms with E-state index in [0.717, 1.165) is 40.2 Å². The van der Waals surface area contributed by atoms with Gasteiger partial charge in [-0.25, -0.2) is 0 Å². The molecule has 0 radical (unpaired) electrons. The average Bonchev–Trinajstić information content (AvgIpc) is 2.81. The van der Waals surface area contributed by atoms with Gasteiger partial charge in [0.05, 0.1) is 15.2 Å². The van der Waals surface area contributed by atoms with E-state index in [1.807, 2.05) is 13.0 Å². The number of amides is 2. The lowest BCUT2D eigenvalue weighted by Crippen LogP contribution is -2.47. The van der Waals surface area contributed by atoms with Crippen molar-refractivity contribution in [2.24, 2.45) is 0 Å². The van der Waals surface area contributed by atoms with E-state index in [-0.39, 0.29) is 17.9 Å². The van der Waals surface area contributed by atoms with Crippen LogP contribution in [0.2, 0.25) is 0 Å². The Kier molecular flexibility index (Phi) is 5.78. The fourth-order valence-electron chi connectivity index (χ4n) is 2.35. The fraction of sp³-hybridized carbons (Fsp3) is 0.571. The van der Waals surface area contributed by atoms with Crippen LogP contribution in [0.15, 0.2) is 9.85 Å². The molecule has 5 nitrogen and oxygen atoms in total. The molecule has 0 saturated carbocycles. The molecule has 7 heteroatoms. The van der Waals surface area contributed by atoms with Gasteiger partial charge in [-0.05, 0) is 47.3 Å². The molecule has 2 rings (SSSR count). The minimum Gasteiger partial charge on any atom is -0.358 e. The van der Waals surface area contributed by atoms with Crippen LogP contribution in [-0.2, 0) is 4.79 Å². The van der Waals surface area contributed by atoms with E-state index >= 15 is 0 Å². The molecule has 0 spiro atoms. The second-order valence-corrected chi connectivity index (χ2v) is 7.63. The number of thiophene rings is 1. The standard InChI is InChI=1S/C14H20BrN3O2S/c1-9-7-11(21-13(9)15)14(20)17-10-3-5-18(6-4-10)8-12(19)16-2/h7,10H,3-6,8H2,1-2H3,(H,16,19)(H,17,20). The van der Waals surface area contributed by atoms with Crippen LogP contribution in [0, 0.1) is 6.92 Å². The van der Waals surface area contributed by atoms with Crippen molar-refractivity contribution in [1.29, 1.82) is 0 Å². The Morgan fingerprint density at radius 3 is 2.62 bits per heavy atom. The molecular formula is C14H20BrN3O2S. The first-order valence-electron chi connectivity index (χ1n) is 6.99. The van der Waals surface area contributed by atoms with E-state index in [0.29, 0.717) is 6.54 Å². The van der Waals surface area contributed by atoms with Gasteiger partial charge in [0.25, 0.3) is 5.91 Å². The molecule has 0 unspecified atom stereocenters. The quantitative estimate of drug-likeness (QED) is 0.845. The highest BCUT2D eigenvalue weighted by Crippen LogP contribution is 2.27. The summed E-state index contributed by atoms with van der Waals surface area (Å²) in [5, 5.41) is 5.72. The number of likely N-dealkylation sites (tertiary alicyclic amines) is 1. The first kappa shape index (κ1) is 16.5. The number of rotatable bonds is 4. The molecule has 0 aliphatic carbocycles. The molecule has 1 aliphatic rings. The van der Waals surface area contributed by atoms with Crippen LogP contribution in [0.25, 0.3) is 0 Å². The Bertz CT molecular complexity index is 505. The highest BCUT2D eigenvalue weighted by Gasteiger charge is 2.22. The topological polar surface area (TPSA) is 61.4 Å². The van der Waals surface area contributed by atoms with Gasteiger partial charge in [-0.15, -0.1) is 11.3 Å². The zero-order valence-corrected chi connectivity index (χ0v) is 14.6. The van der Waals surface area contributed by atoms with Crippen LogP contribution in [-0.4, -0.2) is 49.4 Å². The van der Waals surface area contributed by atoms with Crippen molar-refractivity contribution in [3.05, 3.63) is 20.3 Å². The predicted octanol–water partition coefficient (Wildman–Crippen LogP) is 1.76.